The molecular formula is C14H23ClN4O. The molecule has 2 rings (SSSR count). The highest BCUT2D eigenvalue weighted by molar-refractivity contribution is 5.95. The second-order valence-corrected chi connectivity index (χ2v) is 5.28. The summed E-state index contributed by atoms with van der Waals surface area (Å²) in [5.41, 5.74) is 8.06. The summed E-state index contributed by atoms with van der Waals surface area (Å²) in [5.74, 6) is -0.0321. The fourth-order valence-electron chi connectivity index (χ4n) is 2.50. The molecule has 1 aromatic heterocycles. The van der Waals surface area contributed by atoms with E-state index in [1.54, 1.807) is 0 Å². The molecule has 0 aromatic carbocycles. The molecule has 0 saturated heterocycles. The first-order valence-electron chi connectivity index (χ1n) is 6.99. The van der Waals surface area contributed by atoms with Gasteiger partial charge in [0.15, 0.2) is 0 Å². The van der Waals surface area contributed by atoms with Crippen LogP contribution in [0.1, 0.15) is 54.4 Å². The van der Waals surface area contributed by atoms with Crippen LogP contribution in [0.15, 0.2) is 6.07 Å². The molecule has 6 heteroatoms. The van der Waals surface area contributed by atoms with Crippen LogP contribution in [0.5, 0.6) is 0 Å². The number of nitrogens with two attached hydrogens (primary N) is 1. The van der Waals surface area contributed by atoms with Crippen molar-refractivity contribution in [2.75, 3.05) is 0 Å². The predicted octanol–water partition coefficient (Wildman–Crippen LogP) is 1.77. The minimum atomic E-state index is -0.0321. The van der Waals surface area contributed by atoms with Gasteiger partial charge in [0, 0.05) is 12.1 Å². The third-order valence-corrected chi connectivity index (χ3v) is 3.68. The van der Waals surface area contributed by atoms with Crippen LogP contribution in [0, 0.1) is 6.92 Å². The molecule has 1 fully saturated rings. The van der Waals surface area contributed by atoms with Crippen molar-refractivity contribution in [3.63, 3.8) is 0 Å². The van der Waals surface area contributed by atoms with Gasteiger partial charge in [-0.15, -0.1) is 12.4 Å². The number of carbonyl (C=O) groups is 1. The fraction of sp³-hybridized carbons (Fsp3) is 0.643. The zero-order valence-corrected chi connectivity index (χ0v) is 12.9. The van der Waals surface area contributed by atoms with Crippen LogP contribution in [0.2, 0.25) is 0 Å². The van der Waals surface area contributed by atoms with Crippen LogP contribution < -0.4 is 11.1 Å². The molecule has 1 aliphatic rings. The quantitative estimate of drug-likeness (QED) is 0.891. The molecule has 0 atom stereocenters. The molecular weight excluding hydrogens is 276 g/mol. The van der Waals surface area contributed by atoms with Crippen molar-refractivity contribution in [3.8, 4) is 0 Å². The number of aromatic nitrogens is 2. The maximum atomic E-state index is 12.3. The summed E-state index contributed by atoms with van der Waals surface area (Å²) >= 11 is 0. The number of nitrogens with one attached hydrogen (secondary N) is 1. The van der Waals surface area contributed by atoms with Crippen molar-refractivity contribution >= 4 is 18.3 Å². The summed E-state index contributed by atoms with van der Waals surface area (Å²) < 4.78 is 0. The number of halogens is 1. The van der Waals surface area contributed by atoms with Crippen LogP contribution in [0.4, 0.5) is 0 Å². The summed E-state index contributed by atoms with van der Waals surface area (Å²) in [5, 5.41) is 11.2. The molecule has 0 bridgehead atoms. The number of rotatable bonds is 3. The topological polar surface area (TPSA) is 80.9 Å². The van der Waals surface area contributed by atoms with Crippen molar-refractivity contribution in [1.29, 1.82) is 0 Å². The Morgan fingerprint density at radius 1 is 1.35 bits per heavy atom. The van der Waals surface area contributed by atoms with Crippen molar-refractivity contribution < 1.29 is 4.79 Å². The molecule has 1 heterocycles. The van der Waals surface area contributed by atoms with Crippen LogP contribution in [0.25, 0.3) is 0 Å². The Balaban J connectivity index is 0.00000200. The van der Waals surface area contributed by atoms with Gasteiger partial charge in [-0.1, -0.05) is 6.92 Å². The van der Waals surface area contributed by atoms with Gasteiger partial charge in [-0.25, -0.2) is 0 Å². The second kappa shape index (κ2) is 7.55. The van der Waals surface area contributed by atoms with Gasteiger partial charge in [0.1, 0.15) is 0 Å². The van der Waals surface area contributed by atoms with Crippen molar-refractivity contribution in [3.05, 3.63) is 23.0 Å². The van der Waals surface area contributed by atoms with Gasteiger partial charge in [0.2, 0.25) is 0 Å². The molecule has 3 N–H and O–H groups in total. The zero-order chi connectivity index (χ0) is 13.8. The average molecular weight is 299 g/mol. The Labute approximate surface area is 126 Å². The highest BCUT2D eigenvalue weighted by atomic mass is 35.5. The van der Waals surface area contributed by atoms with Gasteiger partial charge in [-0.05, 0) is 45.1 Å². The van der Waals surface area contributed by atoms with E-state index in [-0.39, 0.29) is 24.4 Å². The minimum absolute atomic E-state index is 0. The number of amides is 1. The van der Waals surface area contributed by atoms with E-state index in [4.69, 9.17) is 5.73 Å². The summed E-state index contributed by atoms with van der Waals surface area (Å²) in [6.45, 7) is 3.83. The molecule has 1 aromatic rings. The van der Waals surface area contributed by atoms with Crippen LogP contribution in [-0.2, 0) is 6.42 Å². The molecule has 0 aliphatic heterocycles. The SMILES string of the molecule is CCc1nnc(C)cc1C(=O)NC1CCC(N)CC1.Cl. The van der Waals surface area contributed by atoms with Gasteiger partial charge >= 0.3 is 0 Å². The smallest absolute Gasteiger partial charge is 0.253 e. The number of nitrogens with zero attached hydrogens (tertiary/aromatic N) is 2. The Bertz CT molecular complexity index is 458. The Morgan fingerprint density at radius 2 is 2.00 bits per heavy atom. The summed E-state index contributed by atoms with van der Waals surface area (Å²) in [6, 6.07) is 2.35. The van der Waals surface area contributed by atoms with Crippen molar-refractivity contribution in [2.45, 2.75) is 58.0 Å². The lowest BCUT2D eigenvalue weighted by Crippen LogP contribution is -2.40. The monoisotopic (exact) mass is 298 g/mol. The highest BCUT2D eigenvalue weighted by Gasteiger charge is 2.22. The van der Waals surface area contributed by atoms with Gasteiger partial charge in [0.05, 0.1) is 17.0 Å². The molecule has 0 radical (unpaired) electrons. The lowest BCUT2D eigenvalue weighted by atomic mass is 9.91. The maximum Gasteiger partial charge on any atom is 0.253 e. The van der Waals surface area contributed by atoms with Gasteiger partial charge < -0.3 is 11.1 Å². The standard InChI is InChI=1S/C14H22N4O.ClH/c1-3-13-12(8-9(2)17-18-13)14(19)16-11-6-4-10(15)5-7-11;/h8,10-11H,3-7,15H2,1-2H3,(H,16,19);1H. The summed E-state index contributed by atoms with van der Waals surface area (Å²) in [7, 11) is 0. The van der Waals surface area contributed by atoms with E-state index < -0.39 is 0 Å². The van der Waals surface area contributed by atoms with E-state index >= 15 is 0 Å². The summed E-state index contributed by atoms with van der Waals surface area (Å²) in [6.07, 6.45) is 4.61. The molecule has 1 aliphatic carbocycles. The third-order valence-electron chi connectivity index (χ3n) is 3.68. The van der Waals surface area contributed by atoms with Gasteiger partial charge in [-0.3, -0.25) is 4.79 Å². The maximum absolute atomic E-state index is 12.3. The first kappa shape index (κ1) is 16.9. The number of carbonyl (C=O) groups excluding carboxylic acids is 1. The Hall–Kier alpha value is -1.20. The zero-order valence-electron chi connectivity index (χ0n) is 12.1. The van der Waals surface area contributed by atoms with Crippen LogP contribution in [-0.4, -0.2) is 28.2 Å². The van der Waals surface area contributed by atoms with Crippen LogP contribution in [0.3, 0.4) is 0 Å². The molecule has 20 heavy (non-hydrogen) atoms. The van der Waals surface area contributed by atoms with Crippen LogP contribution >= 0.6 is 12.4 Å². The van der Waals surface area contributed by atoms with E-state index in [1.165, 1.54) is 0 Å². The van der Waals surface area contributed by atoms with E-state index in [0.717, 1.165) is 37.1 Å². The predicted molar refractivity (Wildman–Crippen MR) is 81.1 cm³/mol. The number of aryl methyl sites for hydroxylation is 2. The lowest BCUT2D eigenvalue weighted by molar-refractivity contribution is 0.0924. The Morgan fingerprint density at radius 3 is 2.60 bits per heavy atom. The molecule has 0 spiro atoms. The van der Waals surface area contributed by atoms with E-state index in [2.05, 4.69) is 15.5 Å². The van der Waals surface area contributed by atoms with Crippen molar-refractivity contribution in [1.82, 2.24) is 15.5 Å². The van der Waals surface area contributed by atoms with Gasteiger partial charge in [-0.2, -0.15) is 10.2 Å². The molecule has 5 nitrogen and oxygen atoms in total. The average Bonchev–Trinajstić information content (AvgIpc) is 2.41. The minimum Gasteiger partial charge on any atom is -0.349 e. The lowest BCUT2D eigenvalue weighted by Gasteiger charge is -2.27. The molecule has 1 saturated carbocycles. The molecule has 112 valence electrons. The third kappa shape index (κ3) is 4.15. The van der Waals surface area contributed by atoms with Gasteiger partial charge in [0.25, 0.3) is 5.91 Å². The van der Waals surface area contributed by atoms with E-state index in [1.807, 2.05) is 19.9 Å². The van der Waals surface area contributed by atoms with Crippen molar-refractivity contribution in [2.24, 2.45) is 5.73 Å². The first-order chi connectivity index (χ1) is 9.10. The van der Waals surface area contributed by atoms with E-state index in [0.29, 0.717) is 18.0 Å². The summed E-state index contributed by atoms with van der Waals surface area (Å²) in [4.78, 5) is 12.3. The molecule has 1 amide bonds. The second-order valence-electron chi connectivity index (χ2n) is 5.28. The fourth-order valence-corrected chi connectivity index (χ4v) is 2.50. The van der Waals surface area contributed by atoms with E-state index in [9.17, 15) is 4.79 Å². The largest absolute Gasteiger partial charge is 0.349 e. The Kier molecular flexibility index (Phi) is 6.36. The molecule has 0 unspecified atom stereocenters. The normalized spacial score (nSPS) is 21.9. The number of hydrogen-bond donors (Lipinski definition) is 2. The first-order valence-corrected chi connectivity index (χ1v) is 6.99. The highest BCUT2D eigenvalue weighted by Crippen LogP contribution is 2.18. The number of hydrogen-bond acceptors (Lipinski definition) is 4.